The molecule has 278 valence electrons. The van der Waals surface area contributed by atoms with Gasteiger partial charge in [-0.15, -0.1) is 4.76 Å². The van der Waals surface area contributed by atoms with E-state index in [1.165, 1.54) is 11.9 Å². The Morgan fingerprint density at radius 2 is 1.12 bits per heavy atom. The number of aryl methyl sites for hydroxylation is 2. The number of ether oxygens (including phenoxy) is 4. The first-order valence-corrected chi connectivity index (χ1v) is 18.5. The molecule has 1 unspecified atom stereocenters. The standard InChI is InChI=1S/C35H52N3O11P/c1-3-16-31(32(39)40)38(2)33(36)37-50(43,48-27-12-10-23-44-34(41)46-25-14-21-29-17-6-4-7-18-29)49-28-13-11-24-45-35(42)47-26-15-22-30-19-8-5-9-20-30/h4-9,17-20,31H,3,10-16,21-28H2,1-2H3,(H,39,40)(H2,36,37,43). The summed E-state index contributed by atoms with van der Waals surface area (Å²) in [5.41, 5.74) is 8.36. The van der Waals surface area contributed by atoms with Gasteiger partial charge >= 0.3 is 26.0 Å². The normalized spacial score (nSPS) is 12.2. The maximum absolute atomic E-state index is 13.6. The van der Waals surface area contributed by atoms with Crippen molar-refractivity contribution in [1.29, 1.82) is 0 Å². The lowest BCUT2D eigenvalue weighted by Crippen LogP contribution is -2.46. The van der Waals surface area contributed by atoms with Crippen molar-refractivity contribution in [3.05, 3.63) is 71.8 Å². The van der Waals surface area contributed by atoms with Crippen molar-refractivity contribution in [2.24, 2.45) is 10.5 Å². The molecule has 15 heteroatoms. The minimum Gasteiger partial charge on any atom is -0.480 e. The summed E-state index contributed by atoms with van der Waals surface area (Å²) < 4.78 is 49.0. The number of carbonyl (C=O) groups excluding carboxylic acids is 2. The van der Waals surface area contributed by atoms with Crippen molar-refractivity contribution >= 4 is 32.0 Å². The molecule has 14 nitrogen and oxygen atoms in total. The van der Waals surface area contributed by atoms with Crippen LogP contribution in [-0.2, 0) is 50.2 Å². The third kappa shape index (κ3) is 18.6. The maximum Gasteiger partial charge on any atom is 0.508 e. The first-order chi connectivity index (χ1) is 24.1. The fourth-order valence-corrected chi connectivity index (χ4v) is 5.82. The first-order valence-electron chi connectivity index (χ1n) is 17.0. The van der Waals surface area contributed by atoms with Crippen LogP contribution in [0.25, 0.3) is 0 Å². The van der Waals surface area contributed by atoms with Crippen LogP contribution in [0, 0.1) is 0 Å². The van der Waals surface area contributed by atoms with Crippen molar-refractivity contribution in [2.45, 2.75) is 77.2 Å². The molecule has 1 atom stereocenters. The Hall–Kier alpha value is -4.13. The lowest BCUT2D eigenvalue weighted by molar-refractivity contribution is -0.141. The van der Waals surface area contributed by atoms with E-state index in [2.05, 4.69) is 4.76 Å². The number of rotatable bonds is 25. The zero-order valence-corrected chi connectivity index (χ0v) is 30.0. The van der Waals surface area contributed by atoms with Crippen LogP contribution < -0.4 is 5.73 Å². The molecule has 0 spiro atoms. The van der Waals surface area contributed by atoms with Crippen molar-refractivity contribution in [3.63, 3.8) is 0 Å². The van der Waals surface area contributed by atoms with Crippen LogP contribution in [0.5, 0.6) is 0 Å². The number of nitrogens with two attached hydrogens (primary N) is 1. The van der Waals surface area contributed by atoms with E-state index in [4.69, 9.17) is 33.7 Å². The van der Waals surface area contributed by atoms with Crippen molar-refractivity contribution < 1.29 is 52.1 Å². The van der Waals surface area contributed by atoms with E-state index in [0.717, 1.165) is 24.0 Å². The minimum atomic E-state index is -4.18. The highest BCUT2D eigenvalue weighted by Crippen LogP contribution is 2.50. The molecule has 0 aliphatic heterocycles. The molecule has 0 aromatic heterocycles. The number of carbonyl (C=O) groups is 3. The summed E-state index contributed by atoms with van der Waals surface area (Å²) >= 11 is 0. The third-order valence-corrected chi connectivity index (χ3v) is 8.74. The van der Waals surface area contributed by atoms with Crippen LogP contribution in [0.15, 0.2) is 65.4 Å². The van der Waals surface area contributed by atoms with Crippen LogP contribution in [-0.4, -0.2) is 87.0 Å². The molecule has 0 aliphatic rings. The molecule has 0 saturated heterocycles. The predicted molar refractivity (Wildman–Crippen MR) is 188 cm³/mol. The molecule has 0 heterocycles. The summed E-state index contributed by atoms with van der Waals surface area (Å²) in [6, 6.07) is 18.7. The predicted octanol–water partition coefficient (Wildman–Crippen LogP) is 6.76. The van der Waals surface area contributed by atoms with Gasteiger partial charge in [0.2, 0.25) is 5.96 Å². The molecule has 0 amide bonds. The highest BCUT2D eigenvalue weighted by molar-refractivity contribution is 7.52. The van der Waals surface area contributed by atoms with E-state index >= 15 is 0 Å². The second kappa shape index (κ2) is 24.9. The fourth-order valence-electron chi connectivity index (χ4n) is 4.52. The first kappa shape index (κ1) is 42.0. The van der Waals surface area contributed by atoms with Crippen LogP contribution in [0.3, 0.4) is 0 Å². The number of hydrogen-bond donors (Lipinski definition) is 2. The summed E-state index contributed by atoms with van der Waals surface area (Å²) in [7, 11) is -2.74. The number of carboxylic acids is 1. The monoisotopic (exact) mass is 721 g/mol. The Bertz CT molecular complexity index is 1260. The molecule has 0 radical (unpaired) electrons. The number of aliphatic carboxylic acids is 1. The Kier molecular flexibility index (Phi) is 21.0. The summed E-state index contributed by atoms with van der Waals surface area (Å²) in [6.07, 6.45) is 3.68. The van der Waals surface area contributed by atoms with Gasteiger partial charge in [0.05, 0.1) is 39.6 Å². The van der Waals surface area contributed by atoms with E-state index < -0.39 is 32.1 Å². The van der Waals surface area contributed by atoms with Crippen LogP contribution >= 0.6 is 7.75 Å². The molecule has 2 aromatic rings. The van der Waals surface area contributed by atoms with Crippen molar-refractivity contribution in [1.82, 2.24) is 4.90 Å². The van der Waals surface area contributed by atoms with Crippen LogP contribution in [0.1, 0.15) is 69.4 Å². The van der Waals surface area contributed by atoms with Gasteiger partial charge in [0, 0.05) is 7.05 Å². The quantitative estimate of drug-likeness (QED) is 0.0361. The Morgan fingerprint density at radius 1 is 0.720 bits per heavy atom. The van der Waals surface area contributed by atoms with Crippen molar-refractivity contribution in [2.75, 3.05) is 46.7 Å². The number of unbranched alkanes of at least 4 members (excludes halogenated alkanes) is 2. The van der Waals surface area contributed by atoms with E-state index in [1.54, 1.807) is 0 Å². The third-order valence-electron chi connectivity index (χ3n) is 7.27. The molecule has 3 N–H and O–H groups in total. The average Bonchev–Trinajstić information content (AvgIpc) is 3.11. The Labute approximate surface area is 294 Å². The van der Waals surface area contributed by atoms with Gasteiger partial charge in [0.1, 0.15) is 6.04 Å². The minimum absolute atomic E-state index is 0.0625. The second-order valence-corrected chi connectivity index (χ2v) is 13.0. The number of carboxylic acid groups (broad SMARTS) is 1. The van der Waals surface area contributed by atoms with E-state index in [-0.39, 0.29) is 45.6 Å². The SMILES string of the molecule is CCCC(C(=O)O)N(C)C(N)=NP(=O)(OCCCCOC(=O)OCCCc1ccccc1)OCCCCOC(=O)OCCCc1ccccc1. The molecule has 0 fully saturated rings. The maximum atomic E-state index is 13.6. The van der Waals surface area contributed by atoms with Gasteiger partial charge in [-0.2, -0.15) is 0 Å². The summed E-state index contributed by atoms with van der Waals surface area (Å²) in [5.74, 6) is -1.42. The Balaban J connectivity index is 1.74. The van der Waals surface area contributed by atoms with Gasteiger partial charge in [0.25, 0.3) is 0 Å². The molecule has 2 aromatic carbocycles. The lowest BCUT2D eigenvalue weighted by Gasteiger charge is -2.26. The topological polar surface area (TPSA) is 186 Å². The summed E-state index contributed by atoms with van der Waals surface area (Å²) in [6.45, 7) is 2.29. The van der Waals surface area contributed by atoms with Crippen molar-refractivity contribution in [3.8, 4) is 0 Å². The largest absolute Gasteiger partial charge is 0.508 e. The van der Waals surface area contributed by atoms with Gasteiger partial charge in [0.15, 0.2) is 0 Å². The number of benzene rings is 2. The average molecular weight is 722 g/mol. The smallest absolute Gasteiger partial charge is 0.480 e. The van der Waals surface area contributed by atoms with E-state index in [9.17, 15) is 24.1 Å². The molecule has 50 heavy (non-hydrogen) atoms. The lowest BCUT2D eigenvalue weighted by atomic mass is 10.1. The summed E-state index contributed by atoms with van der Waals surface area (Å²) in [5, 5.41) is 9.59. The number of guanidine groups is 1. The zero-order valence-electron chi connectivity index (χ0n) is 29.1. The highest BCUT2D eigenvalue weighted by atomic mass is 31.2. The molecule has 0 saturated carbocycles. The van der Waals surface area contributed by atoms with Gasteiger partial charge in [-0.25, -0.2) is 18.9 Å². The van der Waals surface area contributed by atoms with Gasteiger partial charge in [-0.3, -0.25) is 9.05 Å². The molecule has 0 bridgehead atoms. The molecule has 0 aliphatic carbocycles. The number of hydrogen-bond acceptors (Lipinski definition) is 10. The van der Waals surface area contributed by atoms with Gasteiger partial charge < -0.3 is 34.7 Å². The summed E-state index contributed by atoms with van der Waals surface area (Å²) in [4.78, 5) is 36.7. The zero-order chi connectivity index (χ0) is 36.5. The van der Waals surface area contributed by atoms with Gasteiger partial charge in [-0.1, -0.05) is 74.0 Å². The fraction of sp³-hybridized carbons (Fsp3) is 0.543. The van der Waals surface area contributed by atoms with Gasteiger partial charge in [-0.05, 0) is 68.9 Å². The molecule has 2 rings (SSSR count). The molecular weight excluding hydrogens is 669 g/mol. The number of nitrogens with zero attached hydrogens (tertiary/aromatic N) is 2. The highest BCUT2D eigenvalue weighted by Gasteiger charge is 2.29. The van der Waals surface area contributed by atoms with E-state index in [1.807, 2.05) is 67.6 Å². The molecular formula is C35H52N3O11P. The Morgan fingerprint density at radius 3 is 1.52 bits per heavy atom. The number of likely N-dealkylation sites (N-methyl/N-ethyl adjacent to an activating group) is 1. The van der Waals surface area contributed by atoms with Crippen LogP contribution in [0.4, 0.5) is 9.59 Å². The van der Waals surface area contributed by atoms with E-state index in [0.29, 0.717) is 51.4 Å². The van der Waals surface area contributed by atoms with Crippen LogP contribution in [0.2, 0.25) is 0 Å². The second-order valence-electron chi connectivity index (χ2n) is 11.3.